The summed E-state index contributed by atoms with van der Waals surface area (Å²) in [6.45, 7) is 4.37. The van der Waals surface area contributed by atoms with Gasteiger partial charge in [0.25, 0.3) is 0 Å². The number of aryl methyl sites for hydroxylation is 2. The van der Waals surface area contributed by atoms with Crippen molar-refractivity contribution in [3.8, 4) is 0 Å². The molecule has 0 aliphatic rings. The predicted octanol–water partition coefficient (Wildman–Crippen LogP) is 1.71. The average Bonchev–Trinajstić information content (AvgIpc) is 3.16. The van der Waals surface area contributed by atoms with Gasteiger partial charge in [0.05, 0.1) is 0 Å². The minimum Gasteiger partial charge on any atom is -0.356 e. The Morgan fingerprint density at radius 1 is 1.17 bits per heavy atom. The summed E-state index contributed by atoms with van der Waals surface area (Å²) in [5, 5.41) is 14.7. The van der Waals surface area contributed by atoms with Crippen LogP contribution in [0.15, 0.2) is 41.7 Å². The maximum atomic E-state index is 11.8. The Morgan fingerprint density at radius 3 is 2.59 bits per heavy atom. The van der Waals surface area contributed by atoms with Crippen molar-refractivity contribution in [1.29, 1.82) is 0 Å². The van der Waals surface area contributed by atoms with E-state index in [1.165, 1.54) is 5.56 Å². The second-order valence-corrected chi connectivity index (χ2v) is 6.69. The van der Waals surface area contributed by atoms with Gasteiger partial charge in [-0.2, -0.15) is 0 Å². The quantitative estimate of drug-likeness (QED) is 0.219. The average molecular weight is 513 g/mol. The zero-order valence-electron chi connectivity index (χ0n) is 17.5. The number of hydrogen-bond donors (Lipinski definition) is 2. The molecule has 0 saturated heterocycles. The van der Waals surface area contributed by atoms with Crippen molar-refractivity contribution < 1.29 is 4.79 Å². The molecule has 1 heterocycles. The number of guanidine groups is 1. The van der Waals surface area contributed by atoms with Crippen LogP contribution in [0.5, 0.6) is 0 Å². The number of hydrogen-bond acceptors (Lipinski definition) is 4. The minimum absolute atomic E-state index is 0. The molecule has 0 radical (unpaired) electrons. The van der Waals surface area contributed by atoms with Crippen molar-refractivity contribution in [2.45, 2.75) is 32.7 Å². The van der Waals surface area contributed by atoms with E-state index in [1.807, 2.05) is 10.6 Å². The number of halogens is 1. The van der Waals surface area contributed by atoms with Gasteiger partial charge in [0.1, 0.15) is 18.7 Å². The molecule has 0 spiro atoms. The van der Waals surface area contributed by atoms with Gasteiger partial charge in [0.2, 0.25) is 5.91 Å². The number of benzene rings is 1. The first kappa shape index (κ1) is 24.9. The number of aliphatic imine (C=N–C) groups is 1. The fraction of sp³-hybridized carbons (Fsp3) is 0.500. The van der Waals surface area contributed by atoms with Crippen molar-refractivity contribution >= 4 is 35.8 Å². The van der Waals surface area contributed by atoms with E-state index >= 15 is 0 Å². The summed E-state index contributed by atoms with van der Waals surface area (Å²) < 4.78 is 2.02. The van der Waals surface area contributed by atoms with Crippen LogP contribution in [0.25, 0.3) is 0 Å². The highest BCUT2D eigenvalue weighted by Crippen LogP contribution is 2.01. The van der Waals surface area contributed by atoms with Crippen LogP contribution in [-0.2, 0) is 24.2 Å². The Hall–Kier alpha value is -2.17. The van der Waals surface area contributed by atoms with Crippen LogP contribution in [0.2, 0.25) is 0 Å². The van der Waals surface area contributed by atoms with Crippen LogP contribution in [0.3, 0.4) is 0 Å². The smallest absolute Gasteiger partial charge is 0.243 e. The first-order valence-electron chi connectivity index (χ1n) is 9.73. The summed E-state index contributed by atoms with van der Waals surface area (Å²) in [7, 11) is 3.47. The second kappa shape index (κ2) is 13.9. The highest BCUT2D eigenvalue weighted by atomic mass is 127. The zero-order valence-corrected chi connectivity index (χ0v) is 19.8. The van der Waals surface area contributed by atoms with Crippen molar-refractivity contribution in [3.63, 3.8) is 0 Å². The third-order valence-corrected chi connectivity index (χ3v) is 4.31. The maximum Gasteiger partial charge on any atom is 0.243 e. The van der Waals surface area contributed by atoms with Crippen molar-refractivity contribution in [2.24, 2.45) is 4.99 Å². The van der Waals surface area contributed by atoms with Gasteiger partial charge in [-0.15, -0.1) is 34.2 Å². The number of carbonyl (C=O) groups excluding carboxylic acids is 1. The van der Waals surface area contributed by atoms with Crippen molar-refractivity contribution in [3.05, 3.63) is 48.0 Å². The lowest BCUT2D eigenvalue weighted by Gasteiger charge is -2.14. The summed E-state index contributed by atoms with van der Waals surface area (Å²) in [4.78, 5) is 17.8. The Kier molecular flexibility index (Phi) is 11.9. The largest absolute Gasteiger partial charge is 0.356 e. The van der Waals surface area contributed by atoms with Gasteiger partial charge in [0, 0.05) is 40.2 Å². The highest BCUT2D eigenvalue weighted by Gasteiger charge is 2.06. The zero-order chi connectivity index (χ0) is 20.2. The first-order chi connectivity index (χ1) is 13.6. The van der Waals surface area contributed by atoms with Crippen LogP contribution in [0, 0.1) is 0 Å². The van der Waals surface area contributed by atoms with Crippen molar-refractivity contribution in [1.82, 2.24) is 30.3 Å². The summed E-state index contributed by atoms with van der Waals surface area (Å²) in [6, 6.07) is 10.4. The van der Waals surface area contributed by atoms with E-state index in [2.05, 4.69) is 57.0 Å². The third kappa shape index (κ3) is 9.25. The lowest BCUT2D eigenvalue weighted by atomic mass is 10.1. The third-order valence-electron chi connectivity index (χ3n) is 4.31. The van der Waals surface area contributed by atoms with Gasteiger partial charge in [-0.05, 0) is 18.4 Å². The van der Waals surface area contributed by atoms with E-state index in [9.17, 15) is 4.79 Å². The van der Waals surface area contributed by atoms with E-state index in [4.69, 9.17) is 0 Å². The van der Waals surface area contributed by atoms with Crippen LogP contribution in [0.4, 0.5) is 0 Å². The van der Waals surface area contributed by atoms with Crippen LogP contribution in [0.1, 0.15) is 24.7 Å². The molecule has 9 heteroatoms. The number of aromatic nitrogens is 3. The van der Waals surface area contributed by atoms with Gasteiger partial charge in [-0.25, -0.2) is 4.99 Å². The Morgan fingerprint density at radius 2 is 1.90 bits per heavy atom. The summed E-state index contributed by atoms with van der Waals surface area (Å²) >= 11 is 0. The minimum atomic E-state index is -0.0301. The first-order valence-corrected chi connectivity index (χ1v) is 9.73. The summed E-state index contributed by atoms with van der Waals surface area (Å²) in [6.07, 6.45) is 4.56. The molecular weight excluding hydrogens is 481 g/mol. The number of amides is 1. The lowest BCUT2D eigenvalue weighted by Crippen LogP contribution is -2.40. The topological polar surface area (TPSA) is 87.4 Å². The van der Waals surface area contributed by atoms with E-state index in [0.29, 0.717) is 12.5 Å². The summed E-state index contributed by atoms with van der Waals surface area (Å²) in [5.41, 5.74) is 1.32. The van der Waals surface area contributed by atoms with Gasteiger partial charge in [0.15, 0.2) is 5.96 Å². The molecule has 0 bridgehead atoms. The van der Waals surface area contributed by atoms with E-state index in [-0.39, 0.29) is 36.4 Å². The standard InChI is InChI=1S/C20H31N7O.HI/c1-4-18-25-24-16-27(18)14-13-22-20(23-15-19(28)26(2)3)21-12-8-11-17-9-6-5-7-10-17;/h5-7,9-10,16H,4,8,11-15H2,1-3H3,(H2,21,22,23);1H. The molecule has 0 saturated carbocycles. The molecular formula is C20H32IN7O. The molecule has 2 aromatic rings. The number of nitrogens with one attached hydrogen (secondary N) is 2. The van der Waals surface area contributed by atoms with Gasteiger partial charge in [-0.3, -0.25) is 4.79 Å². The van der Waals surface area contributed by atoms with Crippen LogP contribution < -0.4 is 10.6 Å². The van der Waals surface area contributed by atoms with Gasteiger partial charge in [-0.1, -0.05) is 37.3 Å². The molecule has 2 rings (SSSR count). The molecule has 1 aromatic heterocycles. The molecule has 2 N–H and O–H groups in total. The molecule has 0 unspecified atom stereocenters. The SMILES string of the molecule is CCc1nncn1CCNC(=NCC(=O)N(C)C)NCCCc1ccccc1.I. The Balaban J connectivity index is 0.00000420. The Bertz CT molecular complexity index is 746. The maximum absolute atomic E-state index is 11.8. The molecule has 0 atom stereocenters. The molecule has 1 aromatic carbocycles. The summed E-state index contributed by atoms with van der Waals surface area (Å²) in [5.74, 6) is 1.57. The van der Waals surface area contributed by atoms with Gasteiger partial charge >= 0.3 is 0 Å². The van der Waals surface area contributed by atoms with Crippen LogP contribution in [-0.4, -0.2) is 65.3 Å². The molecule has 0 aliphatic heterocycles. The Labute approximate surface area is 190 Å². The van der Waals surface area contributed by atoms with E-state index in [0.717, 1.165) is 38.2 Å². The molecule has 160 valence electrons. The fourth-order valence-corrected chi connectivity index (χ4v) is 2.64. The monoisotopic (exact) mass is 513 g/mol. The molecule has 0 fully saturated rings. The normalized spacial score (nSPS) is 10.9. The van der Waals surface area contributed by atoms with E-state index in [1.54, 1.807) is 25.3 Å². The number of carbonyl (C=O) groups is 1. The van der Waals surface area contributed by atoms with E-state index < -0.39 is 0 Å². The second-order valence-electron chi connectivity index (χ2n) is 6.69. The lowest BCUT2D eigenvalue weighted by molar-refractivity contribution is -0.127. The molecule has 8 nitrogen and oxygen atoms in total. The van der Waals surface area contributed by atoms with Crippen molar-refractivity contribution in [2.75, 3.05) is 33.7 Å². The molecule has 0 aliphatic carbocycles. The number of nitrogens with zero attached hydrogens (tertiary/aromatic N) is 5. The molecule has 1 amide bonds. The number of likely N-dealkylation sites (N-methyl/N-ethyl adjacent to an activating group) is 1. The predicted molar refractivity (Wildman–Crippen MR) is 127 cm³/mol. The highest BCUT2D eigenvalue weighted by molar-refractivity contribution is 14.0. The fourth-order valence-electron chi connectivity index (χ4n) is 2.64. The van der Waals surface area contributed by atoms with Gasteiger partial charge < -0.3 is 20.1 Å². The number of rotatable bonds is 10. The molecule has 29 heavy (non-hydrogen) atoms. The van der Waals surface area contributed by atoms with Crippen LogP contribution >= 0.6 is 24.0 Å².